The third kappa shape index (κ3) is 2.07. The van der Waals surface area contributed by atoms with Crippen LogP contribution in [0.3, 0.4) is 0 Å². The fourth-order valence-corrected chi connectivity index (χ4v) is 3.08. The molecule has 0 amide bonds. The maximum Gasteiger partial charge on any atom is 0.0483 e. The maximum atomic E-state index is 5.85. The first-order valence-electron chi connectivity index (χ1n) is 6.18. The summed E-state index contributed by atoms with van der Waals surface area (Å²) in [6, 6.07) is 15.0. The predicted octanol–water partition coefficient (Wildman–Crippen LogP) is 3.40. The van der Waals surface area contributed by atoms with Gasteiger partial charge in [0.2, 0.25) is 0 Å². The summed E-state index contributed by atoms with van der Waals surface area (Å²) in [5.74, 6) is 0. The monoisotopic (exact) mass is 256 g/mol. The average molecular weight is 256 g/mol. The second-order valence-electron chi connectivity index (χ2n) is 4.38. The van der Waals surface area contributed by atoms with E-state index in [-0.39, 0.29) is 0 Å². The maximum absolute atomic E-state index is 5.85. The summed E-state index contributed by atoms with van der Waals surface area (Å²) in [4.78, 5) is 1.43. The van der Waals surface area contributed by atoms with Gasteiger partial charge in [0.05, 0.1) is 0 Å². The van der Waals surface area contributed by atoms with E-state index in [0.717, 1.165) is 13.0 Å². The molecule has 0 atom stereocenters. The van der Waals surface area contributed by atoms with Crippen molar-refractivity contribution in [2.24, 2.45) is 5.73 Å². The SMILES string of the molecule is NCc1cc2ccccc2n1CCc1cccs1. The lowest BCUT2D eigenvalue weighted by molar-refractivity contribution is 0.689. The zero-order chi connectivity index (χ0) is 12.4. The molecule has 0 fully saturated rings. The molecule has 2 nitrogen and oxygen atoms in total. The van der Waals surface area contributed by atoms with Crippen LogP contribution < -0.4 is 5.73 Å². The van der Waals surface area contributed by atoms with Crippen molar-refractivity contribution in [3.8, 4) is 0 Å². The Morgan fingerprint density at radius 1 is 1.11 bits per heavy atom. The van der Waals surface area contributed by atoms with Crippen LogP contribution in [-0.4, -0.2) is 4.57 Å². The number of hydrogen-bond donors (Lipinski definition) is 1. The highest BCUT2D eigenvalue weighted by Gasteiger charge is 2.07. The second-order valence-corrected chi connectivity index (χ2v) is 5.41. The van der Waals surface area contributed by atoms with Gasteiger partial charge in [-0.1, -0.05) is 24.3 Å². The summed E-state index contributed by atoms with van der Waals surface area (Å²) in [5.41, 5.74) is 8.35. The van der Waals surface area contributed by atoms with E-state index >= 15 is 0 Å². The molecule has 0 aliphatic heterocycles. The van der Waals surface area contributed by atoms with Gasteiger partial charge in [-0.3, -0.25) is 0 Å². The normalized spacial score (nSPS) is 11.2. The minimum Gasteiger partial charge on any atom is -0.343 e. The average Bonchev–Trinajstić information content (AvgIpc) is 3.03. The van der Waals surface area contributed by atoms with Gasteiger partial charge in [0, 0.05) is 29.2 Å². The van der Waals surface area contributed by atoms with Gasteiger partial charge in [0.15, 0.2) is 0 Å². The van der Waals surface area contributed by atoms with Crippen LogP contribution in [0.2, 0.25) is 0 Å². The van der Waals surface area contributed by atoms with E-state index in [0.29, 0.717) is 6.54 Å². The van der Waals surface area contributed by atoms with Crippen molar-refractivity contribution >= 4 is 22.2 Å². The minimum absolute atomic E-state index is 0.596. The van der Waals surface area contributed by atoms with Gasteiger partial charge in [-0.15, -0.1) is 11.3 Å². The number of nitrogens with two attached hydrogens (primary N) is 1. The molecule has 92 valence electrons. The Balaban J connectivity index is 1.94. The number of benzene rings is 1. The Bertz CT molecular complexity index is 638. The van der Waals surface area contributed by atoms with E-state index in [9.17, 15) is 0 Å². The first-order chi connectivity index (χ1) is 8.88. The van der Waals surface area contributed by atoms with E-state index in [1.807, 2.05) is 11.3 Å². The van der Waals surface area contributed by atoms with E-state index in [1.54, 1.807) is 0 Å². The standard InChI is InChI=1S/C15H16N2S/c16-11-13-10-12-4-1-2-6-15(12)17(13)8-7-14-5-3-9-18-14/h1-6,9-10H,7-8,11,16H2. The van der Waals surface area contributed by atoms with Crippen molar-refractivity contribution in [1.29, 1.82) is 0 Å². The van der Waals surface area contributed by atoms with Crippen LogP contribution >= 0.6 is 11.3 Å². The number of fused-ring (bicyclic) bond motifs is 1. The summed E-state index contributed by atoms with van der Waals surface area (Å²) in [6.45, 7) is 1.60. The van der Waals surface area contributed by atoms with Gasteiger partial charge in [0.1, 0.15) is 0 Å². The Morgan fingerprint density at radius 3 is 2.78 bits per heavy atom. The van der Waals surface area contributed by atoms with Crippen LogP contribution in [0.1, 0.15) is 10.6 Å². The van der Waals surface area contributed by atoms with Crippen molar-refractivity contribution in [3.63, 3.8) is 0 Å². The third-order valence-corrected chi connectivity index (χ3v) is 4.20. The van der Waals surface area contributed by atoms with Crippen LogP contribution in [0, 0.1) is 0 Å². The summed E-state index contributed by atoms with van der Waals surface area (Å²) in [5, 5.41) is 3.41. The minimum atomic E-state index is 0.596. The lowest BCUT2D eigenvalue weighted by atomic mass is 10.2. The molecule has 3 heteroatoms. The molecule has 0 aliphatic rings. The molecule has 3 aromatic rings. The van der Waals surface area contributed by atoms with Gasteiger partial charge < -0.3 is 10.3 Å². The first-order valence-corrected chi connectivity index (χ1v) is 7.06. The van der Waals surface area contributed by atoms with Crippen molar-refractivity contribution in [2.45, 2.75) is 19.5 Å². The number of hydrogen-bond acceptors (Lipinski definition) is 2. The van der Waals surface area contributed by atoms with Gasteiger partial charge in [-0.2, -0.15) is 0 Å². The molecule has 0 aliphatic carbocycles. The summed E-state index contributed by atoms with van der Waals surface area (Å²) >= 11 is 1.82. The fraction of sp³-hybridized carbons (Fsp3) is 0.200. The lowest BCUT2D eigenvalue weighted by Crippen LogP contribution is -2.08. The molecule has 0 saturated carbocycles. The van der Waals surface area contributed by atoms with E-state index in [2.05, 4.69) is 52.4 Å². The van der Waals surface area contributed by atoms with Gasteiger partial charge in [-0.25, -0.2) is 0 Å². The van der Waals surface area contributed by atoms with Crippen molar-refractivity contribution in [2.75, 3.05) is 0 Å². The molecule has 0 radical (unpaired) electrons. The van der Waals surface area contributed by atoms with E-state index in [4.69, 9.17) is 5.73 Å². The number of para-hydroxylation sites is 1. The highest BCUT2D eigenvalue weighted by atomic mass is 32.1. The van der Waals surface area contributed by atoms with Crippen molar-refractivity contribution in [3.05, 3.63) is 58.4 Å². The molecular weight excluding hydrogens is 240 g/mol. The lowest BCUT2D eigenvalue weighted by Gasteiger charge is -2.08. The highest BCUT2D eigenvalue weighted by Crippen LogP contribution is 2.21. The van der Waals surface area contributed by atoms with Crippen LogP contribution in [0.25, 0.3) is 10.9 Å². The zero-order valence-corrected chi connectivity index (χ0v) is 11.0. The van der Waals surface area contributed by atoms with E-state index in [1.165, 1.54) is 21.5 Å². The molecule has 0 spiro atoms. The quantitative estimate of drug-likeness (QED) is 0.762. The molecule has 3 rings (SSSR count). The molecular formula is C15H16N2S. The molecule has 2 aromatic heterocycles. The van der Waals surface area contributed by atoms with Crippen molar-refractivity contribution in [1.82, 2.24) is 4.57 Å². The fourth-order valence-electron chi connectivity index (χ4n) is 2.38. The van der Waals surface area contributed by atoms with Crippen LogP contribution in [0.15, 0.2) is 47.8 Å². The Labute approximate surface area is 111 Å². The largest absolute Gasteiger partial charge is 0.343 e. The van der Waals surface area contributed by atoms with Gasteiger partial charge in [0.25, 0.3) is 0 Å². The van der Waals surface area contributed by atoms with Gasteiger partial charge in [-0.05, 0) is 35.4 Å². The molecule has 2 N–H and O–H groups in total. The highest BCUT2D eigenvalue weighted by molar-refractivity contribution is 7.09. The molecule has 0 saturated heterocycles. The molecule has 2 heterocycles. The number of aryl methyl sites for hydroxylation is 2. The Kier molecular flexibility index (Phi) is 3.17. The predicted molar refractivity (Wildman–Crippen MR) is 77.9 cm³/mol. The number of rotatable bonds is 4. The first kappa shape index (κ1) is 11.5. The Hall–Kier alpha value is -1.58. The molecule has 18 heavy (non-hydrogen) atoms. The summed E-state index contributed by atoms with van der Waals surface area (Å²) in [6.07, 6.45) is 1.07. The van der Waals surface area contributed by atoms with E-state index < -0.39 is 0 Å². The summed E-state index contributed by atoms with van der Waals surface area (Å²) in [7, 11) is 0. The van der Waals surface area contributed by atoms with Crippen molar-refractivity contribution < 1.29 is 0 Å². The molecule has 0 bridgehead atoms. The molecule has 1 aromatic carbocycles. The van der Waals surface area contributed by atoms with Gasteiger partial charge >= 0.3 is 0 Å². The zero-order valence-electron chi connectivity index (χ0n) is 10.2. The third-order valence-electron chi connectivity index (χ3n) is 3.27. The number of thiophene rings is 1. The summed E-state index contributed by atoms with van der Waals surface area (Å²) < 4.78 is 2.34. The Morgan fingerprint density at radius 2 is 2.00 bits per heavy atom. The topological polar surface area (TPSA) is 30.9 Å². The van der Waals surface area contributed by atoms with Crippen LogP contribution in [0.4, 0.5) is 0 Å². The molecule has 0 unspecified atom stereocenters. The number of aromatic nitrogens is 1. The number of nitrogens with zero attached hydrogens (tertiary/aromatic N) is 1. The second kappa shape index (κ2) is 4.96. The van der Waals surface area contributed by atoms with Crippen LogP contribution in [-0.2, 0) is 19.5 Å². The van der Waals surface area contributed by atoms with Crippen LogP contribution in [0.5, 0.6) is 0 Å². The smallest absolute Gasteiger partial charge is 0.0483 e.